The highest BCUT2D eigenvalue weighted by Crippen LogP contribution is 2.26. The Labute approximate surface area is 296 Å². The largest absolute Gasteiger partial charge is 0.397 e. The number of hydrogen-bond donors (Lipinski definition) is 6. The molecule has 0 aromatic rings. The lowest BCUT2D eigenvalue weighted by molar-refractivity contribution is -0.298. The number of hydrogen-bond acceptors (Lipinski definition) is 10. The van der Waals surface area contributed by atoms with Gasteiger partial charge in [0.05, 0.1) is 25.4 Å². The zero-order valence-electron chi connectivity index (χ0n) is 30.3. The van der Waals surface area contributed by atoms with E-state index in [-0.39, 0.29) is 18.9 Å². The van der Waals surface area contributed by atoms with Crippen molar-refractivity contribution in [2.45, 2.75) is 198 Å². The van der Waals surface area contributed by atoms with Gasteiger partial charge in [-0.2, -0.15) is 8.42 Å². The lowest BCUT2D eigenvalue weighted by Gasteiger charge is -2.41. The number of aliphatic hydroxyl groups excluding tert-OH is 4. The Balaban J connectivity index is 2.66. The summed E-state index contributed by atoms with van der Waals surface area (Å²) in [6.45, 7) is 3.32. The molecule has 49 heavy (non-hydrogen) atoms. The molecule has 1 aliphatic heterocycles. The minimum absolute atomic E-state index is 0.268. The van der Waals surface area contributed by atoms with Gasteiger partial charge in [-0.05, 0) is 19.3 Å². The second-order valence-electron chi connectivity index (χ2n) is 13.5. The van der Waals surface area contributed by atoms with E-state index < -0.39 is 59.9 Å². The minimum atomic E-state index is -5.07. The molecular formula is C36H69NO11S. The molecule has 0 aliphatic carbocycles. The van der Waals surface area contributed by atoms with Gasteiger partial charge in [-0.1, -0.05) is 142 Å². The summed E-state index contributed by atoms with van der Waals surface area (Å²) in [5.41, 5.74) is 0. The SMILES string of the molecule is CCCCCCCCCCCCCC=C[C@@H](O)[C@H](CO[C@@H]1O[C@H](CO)[C@H](O)C(OS(=O)(=O)O)C1O)NC(=O)CCCCCCCCCCC. The van der Waals surface area contributed by atoms with Crippen molar-refractivity contribution in [3.63, 3.8) is 0 Å². The maximum atomic E-state index is 12.9. The van der Waals surface area contributed by atoms with E-state index in [9.17, 15) is 33.6 Å². The van der Waals surface area contributed by atoms with Gasteiger partial charge in [0.2, 0.25) is 5.91 Å². The number of amides is 1. The van der Waals surface area contributed by atoms with Crippen LogP contribution in [0.1, 0.15) is 155 Å². The first-order valence-corrected chi connectivity index (χ1v) is 20.4. The van der Waals surface area contributed by atoms with E-state index in [0.29, 0.717) is 6.42 Å². The standard InChI is InChI=1S/C36H69NO11S/c1-3-5-7-9-11-13-14-15-16-18-19-21-23-25-30(39)29(37-32(40)26-24-22-20-17-12-10-8-6-4-2)28-46-36-34(42)35(48-49(43,44)45)33(41)31(27-38)47-36/h23,25,29-31,33-36,38-39,41-42H,3-22,24,26-28H2,1-2H3,(H,37,40)(H,43,44,45)/t29-,30+,31+,33-,34?,35?,36+/m0/s1. The number of unbranched alkanes of at least 4 members (excludes halogenated alkanes) is 19. The first-order valence-electron chi connectivity index (χ1n) is 19.1. The van der Waals surface area contributed by atoms with Gasteiger partial charge in [0.25, 0.3) is 0 Å². The van der Waals surface area contributed by atoms with Crippen molar-refractivity contribution in [1.82, 2.24) is 5.32 Å². The van der Waals surface area contributed by atoms with Gasteiger partial charge >= 0.3 is 10.4 Å². The summed E-state index contributed by atoms with van der Waals surface area (Å²) in [5.74, 6) is -0.268. The van der Waals surface area contributed by atoms with E-state index in [0.717, 1.165) is 38.5 Å². The van der Waals surface area contributed by atoms with Crippen LogP contribution in [0.5, 0.6) is 0 Å². The Morgan fingerprint density at radius 3 is 1.78 bits per heavy atom. The van der Waals surface area contributed by atoms with Crippen molar-refractivity contribution in [2.75, 3.05) is 13.2 Å². The zero-order chi connectivity index (χ0) is 36.3. The molecule has 1 amide bonds. The van der Waals surface area contributed by atoms with Crippen LogP contribution in [0.2, 0.25) is 0 Å². The molecule has 13 heteroatoms. The van der Waals surface area contributed by atoms with Crippen molar-refractivity contribution in [1.29, 1.82) is 0 Å². The number of nitrogens with one attached hydrogen (secondary N) is 1. The summed E-state index contributed by atoms with van der Waals surface area (Å²) < 4.78 is 47.3. The molecule has 1 fully saturated rings. The molecule has 12 nitrogen and oxygen atoms in total. The number of rotatable bonds is 31. The van der Waals surface area contributed by atoms with Gasteiger partial charge < -0.3 is 35.2 Å². The fraction of sp³-hybridized carbons (Fsp3) is 0.917. The van der Waals surface area contributed by atoms with Crippen molar-refractivity contribution in [2.24, 2.45) is 0 Å². The summed E-state index contributed by atoms with van der Waals surface area (Å²) in [6, 6.07) is -0.934. The molecule has 1 rings (SSSR count). The van der Waals surface area contributed by atoms with Crippen LogP contribution in [0.25, 0.3) is 0 Å². The second kappa shape index (κ2) is 28.4. The molecule has 1 aliphatic rings. The maximum Gasteiger partial charge on any atom is 0.397 e. The van der Waals surface area contributed by atoms with Crippen LogP contribution in [-0.4, -0.2) is 95.4 Å². The van der Waals surface area contributed by atoms with Gasteiger partial charge in [0.15, 0.2) is 6.29 Å². The highest BCUT2D eigenvalue weighted by molar-refractivity contribution is 7.80. The number of allylic oxidation sites excluding steroid dienone is 1. The summed E-state index contributed by atoms with van der Waals surface area (Å²) in [4.78, 5) is 12.9. The number of ether oxygens (including phenoxy) is 2. The Morgan fingerprint density at radius 2 is 1.29 bits per heavy atom. The molecule has 290 valence electrons. The highest BCUT2D eigenvalue weighted by Gasteiger charge is 2.48. The first-order chi connectivity index (χ1) is 23.5. The topological polar surface area (TPSA) is 192 Å². The van der Waals surface area contributed by atoms with Gasteiger partial charge in [0.1, 0.15) is 24.4 Å². The molecule has 0 spiro atoms. The number of carbonyl (C=O) groups is 1. The summed E-state index contributed by atoms with van der Waals surface area (Å²) >= 11 is 0. The van der Waals surface area contributed by atoms with Gasteiger partial charge in [-0.3, -0.25) is 9.35 Å². The highest BCUT2D eigenvalue weighted by atomic mass is 32.3. The lowest BCUT2D eigenvalue weighted by Crippen LogP contribution is -2.61. The molecule has 6 N–H and O–H groups in total. The van der Waals surface area contributed by atoms with E-state index in [2.05, 4.69) is 23.3 Å². The van der Waals surface area contributed by atoms with E-state index in [4.69, 9.17) is 14.0 Å². The summed E-state index contributed by atoms with van der Waals surface area (Å²) in [6.07, 6.45) is 18.4. The summed E-state index contributed by atoms with van der Waals surface area (Å²) in [5, 5.41) is 44.3. The molecule has 1 saturated heterocycles. The molecule has 0 bridgehead atoms. The second-order valence-corrected chi connectivity index (χ2v) is 14.6. The third kappa shape index (κ3) is 22.4. The third-order valence-electron chi connectivity index (χ3n) is 9.07. The Bertz CT molecular complexity index is 951. The lowest BCUT2D eigenvalue weighted by atomic mass is 9.99. The van der Waals surface area contributed by atoms with Crippen LogP contribution in [0.15, 0.2) is 12.2 Å². The zero-order valence-corrected chi connectivity index (χ0v) is 31.1. The monoisotopic (exact) mass is 723 g/mol. The smallest absolute Gasteiger partial charge is 0.394 e. The van der Waals surface area contributed by atoms with E-state index in [1.807, 2.05) is 6.08 Å². The van der Waals surface area contributed by atoms with Crippen LogP contribution < -0.4 is 5.32 Å². The van der Waals surface area contributed by atoms with Crippen LogP contribution in [0, 0.1) is 0 Å². The molecule has 0 aromatic heterocycles. The summed E-state index contributed by atoms with van der Waals surface area (Å²) in [7, 11) is -5.07. The Morgan fingerprint density at radius 1 is 0.796 bits per heavy atom. The Kier molecular flexibility index (Phi) is 26.6. The normalized spacial score (nSPS) is 22.8. The number of aliphatic hydroxyl groups is 4. The molecule has 0 aromatic carbocycles. The molecule has 1 heterocycles. The van der Waals surface area contributed by atoms with Crippen molar-refractivity contribution >= 4 is 16.3 Å². The third-order valence-corrected chi connectivity index (χ3v) is 9.53. The van der Waals surface area contributed by atoms with E-state index in [1.165, 1.54) is 89.9 Å². The van der Waals surface area contributed by atoms with Crippen LogP contribution >= 0.6 is 0 Å². The first kappa shape index (κ1) is 45.9. The minimum Gasteiger partial charge on any atom is -0.394 e. The average Bonchev–Trinajstić information content (AvgIpc) is 3.06. The quantitative estimate of drug-likeness (QED) is 0.0294. The van der Waals surface area contributed by atoms with Crippen LogP contribution in [-0.2, 0) is 28.9 Å². The van der Waals surface area contributed by atoms with Crippen LogP contribution in [0.3, 0.4) is 0 Å². The molecule has 0 radical (unpaired) electrons. The van der Waals surface area contributed by atoms with E-state index >= 15 is 0 Å². The predicted octanol–water partition coefficient (Wildman–Crippen LogP) is 5.65. The molecular weight excluding hydrogens is 654 g/mol. The average molecular weight is 724 g/mol. The van der Waals surface area contributed by atoms with Gasteiger partial charge in [0, 0.05) is 6.42 Å². The van der Waals surface area contributed by atoms with Crippen LogP contribution in [0.4, 0.5) is 0 Å². The molecule has 7 atom stereocenters. The molecule has 2 unspecified atom stereocenters. The number of carbonyl (C=O) groups excluding carboxylic acids is 1. The van der Waals surface area contributed by atoms with Crippen molar-refractivity contribution in [3.8, 4) is 0 Å². The molecule has 0 saturated carbocycles. The fourth-order valence-electron chi connectivity index (χ4n) is 6.04. The maximum absolute atomic E-state index is 12.9. The van der Waals surface area contributed by atoms with Crippen molar-refractivity contribution < 1.29 is 51.8 Å². The van der Waals surface area contributed by atoms with E-state index in [1.54, 1.807) is 6.08 Å². The van der Waals surface area contributed by atoms with Gasteiger partial charge in [-0.25, -0.2) is 4.18 Å². The Hall–Kier alpha value is -1.16. The van der Waals surface area contributed by atoms with Crippen molar-refractivity contribution in [3.05, 3.63) is 12.2 Å². The predicted molar refractivity (Wildman–Crippen MR) is 190 cm³/mol. The fourth-order valence-corrected chi connectivity index (χ4v) is 6.55. The van der Waals surface area contributed by atoms with Gasteiger partial charge in [-0.15, -0.1) is 0 Å².